The molecule has 68 valence electrons. The molecule has 3 heteroatoms. The van der Waals surface area contributed by atoms with Gasteiger partial charge in [0.15, 0.2) is 0 Å². The van der Waals surface area contributed by atoms with Gasteiger partial charge in [0.25, 0.3) is 0 Å². The van der Waals surface area contributed by atoms with Gasteiger partial charge in [0.05, 0.1) is 0 Å². The molecule has 13 heavy (non-hydrogen) atoms. The second-order valence-corrected chi connectivity index (χ2v) is 2.69. The van der Waals surface area contributed by atoms with E-state index >= 15 is 0 Å². The van der Waals surface area contributed by atoms with E-state index < -0.39 is 0 Å². The minimum atomic E-state index is -0.268. The zero-order valence-electron chi connectivity index (χ0n) is 7.31. The molecule has 0 aliphatic carbocycles. The molecule has 2 N–H and O–H groups in total. The monoisotopic (exact) mass is 176 g/mol. The van der Waals surface area contributed by atoms with E-state index in [-0.39, 0.29) is 5.91 Å². The summed E-state index contributed by atoms with van der Waals surface area (Å²) in [6.45, 7) is 0. The van der Waals surface area contributed by atoms with Crippen LogP contribution in [-0.2, 0) is 4.79 Å². The molecule has 0 saturated heterocycles. The van der Waals surface area contributed by atoms with Gasteiger partial charge in [-0.2, -0.15) is 0 Å². The highest BCUT2D eigenvalue weighted by Gasteiger charge is 1.89. The van der Waals surface area contributed by atoms with Gasteiger partial charge >= 0.3 is 0 Å². The Morgan fingerprint density at radius 1 is 1.62 bits per heavy atom. The molecule has 0 radical (unpaired) electrons. The van der Waals surface area contributed by atoms with Crippen LogP contribution in [0.2, 0.25) is 0 Å². The number of pyridine rings is 1. The second kappa shape index (κ2) is 5.09. The van der Waals surface area contributed by atoms with Gasteiger partial charge in [0.2, 0.25) is 5.91 Å². The van der Waals surface area contributed by atoms with Crippen LogP contribution in [0, 0.1) is 0 Å². The zero-order chi connectivity index (χ0) is 9.52. The van der Waals surface area contributed by atoms with Crippen LogP contribution in [0.25, 0.3) is 6.08 Å². The summed E-state index contributed by atoms with van der Waals surface area (Å²) >= 11 is 0. The highest BCUT2D eigenvalue weighted by atomic mass is 16.1. The van der Waals surface area contributed by atoms with Crippen LogP contribution in [0.3, 0.4) is 0 Å². The van der Waals surface area contributed by atoms with Crippen molar-refractivity contribution in [2.75, 3.05) is 0 Å². The molecule has 0 spiro atoms. The van der Waals surface area contributed by atoms with E-state index in [0.29, 0.717) is 12.8 Å². The molecule has 1 aromatic heterocycles. The van der Waals surface area contributed by atoms with Crippen LogP contribution in [0.15, 0.2) is 30.6 Å². The third kappa shape index (κ3) is 4.06. The Kier molecular flexibility index (Phi) is 3.70. The molecule has 0 saturated carbocycles. The summed E-state index contributed by atoms with van der Waals surface area (Å²) in [6.07, 6.45) is 8.42. The quantitative estimate of drug-likeness (QED) is 0.753. The molecule has 0 fully saturated rings. The highest BCUT2D eigenvalue weighted by Crippen LogP contribution is 2.00. The summed E-state index contributed by atoms with van der Waals surface area (Å²) in [5.74, 6) is -0.268. The Balaban J connectivity index is 2.37. The van der Waals surface area contributed by atoms with Gasteiger partial charge in [0.1, 0.15) is 0 Å². The van der Waals surface area contributed by atoms with E-state index in [1.54, 1.807) is 12.4 Å². The largest absolute Gasteiger partial charge is 0.370 e. The van der Waals surface area contributed by atoms with Crippen LogP contribution >= 0.6 is 0 Å². The first-order valence-electron chi connectivity index (χ1n) is 4.14. The van der Waals surface area contributed by atoms with Gasteiger partial charge in [-0.25, -0.2) is 0 Å². The Labute approximate surface area is 77.3 Å². The number of allylic oxidation sites excluding steroid dienone is 1. The third-order valence-electron chi connectivity index (χ3n) is 1.55. The predicted molar refractivity (Wildman–Crippen MR) is 51.7 cm³/mol. The fourth-order valence-electron chi connectivity index (χ4n) is 0.920. The average molecular weight is 176 g/mol. The van der Waals surface area contributed by atoms with Crippen molar-refractivity contribution in [2.45, 2.75) is 12.8 Å². The van der Waals surface area contributed by atoms with E-state index in [1.165, 1.54) is 0 Å². The molecule has 1 aromatic rings. The molecule has 0 aliphatic rings. The van der Waals surface area contributed by atoms with Crippen LogP contribution < -0.4 is 5.73 Å². The number of aromatic nitrogens is 1. The molecule has 0 bridgehead atoms. The van der Waals surface area contributed by atoms with Gasteiger partial charge in [-0.05, 0) is 18.1 Å². The number of hydrogen-bond donors (Lipinski definition) is 1. The standard InChI is InChI=1S/C10H12N2O/c11-10(13)6-2-1-4-9-5-3-7-12-8-9/h1,3-5,7-8H,2,6H2,(H2,11,13). The highest BCUT2D eigenvalue weighted by molar-refractivity contribution is 5.74. The van der Waals surface area contributed by atoms with Crippen LogP contribution in [0.5, 0.6) is 0 Å². The van der Waals surface area contributed by atoms with Crippen molar-refractivity contribution in [3.63, 3.8) is 0 Å². The molecular formula is C10H12N2O. The number of nitrogens with two attached hydrogens (primary N) is 1. The molecule has 1 amide bonds. The van der Waals surface area contributed by atoms with Crippen molar-refractivity contribution in [1.82, 2.24) is 4.98 Å². The van der Waals surface area contributed by atoms with Crippen molar-refractivity contribution in [3.8, 4) is 0 Å². The Morgan fingerprint density at radius 3 is 3.08 bits per heavy atom. The minimum absolute atomic E-state index is 0.268. The Morgan fingerprint density at radius 2 is 2.46 bits per heavy atom. The molecular weight excluding hydrogens is 164 g/mol. The molecule has 1 rings (SSSR count). The van der Waals surface area contributed by atoms with Crippen LogP contribution in [-0.4, -0.2) is 10.9 Å². The van der Waals surface area contributed by atoms with E-state index in [4.69, 9.17) is 5.73 Å². The first kappa shape index (κ1) is 9.45. The number of primary amides is 1. The van der Waals surface area contributed by atoms with Crippen molar-refractivity contribution in [3.05, 3.63) is 36.2 Å². The van der Waals surface area contributed by atoms with Gasteiger partial charge < -0.3 is 5.73 Å². The number of rotatable bonds is 4. The topological polar surface area (TPSA) is 56.0 Å². The molecule has 0 atom stereocenters. The third-order valence-corrected chi connectivity index (χ3v) is 1.55. The van der Waals surface area contributed by atoms with Crippen molar-refractivity contribution < 1.29 is 4.79 Å². The molecule has 0 aliphatic heterocycles. The lowest BCUT2D eigenvalue weighted by molar-refractivity contribution is -0.117. The average Bonchev–Trinajstić information content (AvgIpc) is 2.14. The summed E-state index contributed by atoms with van der Waals surface area (Å²) in [4.78, 5) is 14.3. The van der Waals surface area contributed by atoms with Gasteiger partial charge in [-0.1, -0.05) is 18.2 Å². The lowest BCUT2D eigenvalue weighted by Gasteiger charge is -1.90. The van der Waals surface area contributed by atoms with Gasteiger partial charge in [0, 0.05) is 18.8 Å². The second-order valence-electron chi connectivity index (χ2n) is 2.69. The number of carbonyl (C=O) groups is 1. The van der Waals surface area contributed by atoms with Crippen LogP contribution in [0.1, 0.15) is 18.4 Å². The first-order valence-corrected chi connectivity index (χ1v) is 4.14. The summed E-state index contributed by atoms with van der Waals surface area (Å²) in [5.41, 5.74) is 6.02. The lowest BCUT2D eigenvalue weighted by Crippen LogP contribution is -2.08. The summed E-state index contributed by atoms with van der Waals surface area (Å²) in [5, 5.41) is 0. The lowest BCUT2D eigenvalue weighted by atomic mass is 10.2. The zero-order valence-corrected chi connectivity index (χ0v) is 7.31. The molecule has 3 nitrogen and oxygen atoms in total. The van der Waals surface area contributed by atoms with Gasteiger partial charge in [-0.15, -0.1) is 0 Å². The Bertz CT molecular complexity index is 293. The fourth-order valence-corrected chi connectivity index (χ4v) is 0.920. The van der Waals surface area contributed by atoms with Crippen molar-refractivity contribution in [2.24, 2.45) is 5.73 Å². The van der Waals surface area contributed by atoms with Crippen molar-refractivity contribution in [1.29, 1.82) is 0 Å². The van der Waals surface area contributed by atoms with E-state index in [1.807, 2.05) is 24.3 Å². The van der Waals surface area contributed by atoms with E-state index in [9.17, 15) is 4.79 Å². The predicted octanol–water partition coefficient (Wildman–Crippen LogP) is 1.36. The molecule has 0 unspecified atom stereocenters. The van der Waals surface area contributed by atoms with Crippen molar-refractivity contribution >= 4 is 12.0 Å². The minimum Gasteiger partial charge on any atom is -0.370 e. The normalized spacial score (nSPS) is 10.5. The molecule has 0 aromatic carbocycles. The van der Waals surface area contributed by atoms with E-state index in [2.05, 4.69) is 4.98 Å². The van der Waals surface area contributed by atoms with Gasteiger partial charge in [-0.3, -0.25) is 9.78 Å². The Hall–Kier alpha value is -1.64. The first-order chi connectivity index (χ1) is 6.29. The number of carbonyl (C=O) groups excluding carboxylic acids is 1. The number of nitrogens with zero attached hydrogens (tertiary/aromatic N) is 1. The summed E-state index contributed by atoms with van der Waals surface area (Å²) in [7, 11) is 0. The fraction of sp³-hybridized carbons (Fsp3) is 0.200. The number of amides is 1. The summed E-state index contributed by atoms with van der Waals surface area (Å²) in [6, 6.07) is 3.82. The smallest absolute Gasteiger partial charge is 0.217 e. The molecule has 1 heterocycles. The van der Waals surface area contributed by atoms with Crippen LogP contribution in [0.4, 0.5) is 0 Å². The maximum absolute atomic E-state index is 10.4. The number of hydrogen-bond acceptors (Lipinski definition) is 2. The van der Waals surface area contributed by atoms with E-state index in [0.717, 1.165) is 5.56 Å². The maximum atomic E-state index is 10.4. The SMILES string of the molecule is NC(=O)CCC=Cc1cccnc1. The maximum Gasteiger partial charge on any atom is 0.217 e. The summed E-state index contributed by atoms with van der Waals surface area (Å²) < 4.78 is 0.